The number of ketones is 2. The Hall–Kier alpha value is -3.78. The van der Waals surface area contributed by atoms with Crippen LogP contribution in [0.5, 0.6) is 0 Å². The molecule has 0 saturated heterocycles. The molecule has 1 unspecified atom stereocenters. The monoisotopic (exact) mass is 404 g/mol. The number of aryl methyl sites for hydroxylation is 1. The molecule has 4 aromatic carbocycles. The number of hydrogen-bond donors (Lipinski definition) is 0. The molecule has 4 rings (SSSR count). The van der Waals surface area contributed by atoms with E-state index in [0.717, 1.165) is 16.7 Å². The van der Waals surface area contributed by atoms with Crippen LogP contribution in [-0.4, -0.2) is 11.6 Å². The Morgan fingerprint density at radius 3 is 1.45 bits per heavy atom. The fourth-order valence-corrected chi connectivity index (χ4v) is 4.13. The van der Waals surface area contributed by atoms with Gasteiger partial charge in [0.05, 0.1) is 5.92 Å². The third-order valence-electron chi connectivity index (χ3n) is 5.70. The molecule has 0 radical (unpaired) electrons. The fourth-order valence-electron chi connectivity index (χ4n) is 4.13. The zero-order valence-electron chi connectivity index (χ0n) is 17.4. The summed E-state index contributed by atoms with van der Waals surface area (Å²) in [7, 11) is 0. The lowest BCUT2D eigenvalue weighted by molar-refractivity contribution is 0.0793. The first-order valence-corrected chi connectivity index (χ1v) is 10.5. The molecule has 0 bridgehead atoms. The van der Waals surface area contributed by atoms with E-state index in [1.54, 1.807) is 24.3 Å². The third-order valence-corrected chi connectivity index (χ3v) is 5.70. The van der Waals surface area contributed by atoms with E-state index in [1.165, 1.54) is 0 Å². The van der Waals surface area contributed by atoms with Gasteiger partial charge in [-0.3, -0.25) is 9.59 Å². The van der Waals surface area contributed by atoms with E-state index in [1.807, 2.05) is 97.9 Å². The summed E-state index contributed by atoms with van der Waals surface area (Å²) in [6.07, 6.45) is 0. The van der Waals surface area contributed by atoms with Gasteiger partial charge in [0.1, 0.15) is 0 Å². The largest absolute Gasteiger partial charge is 0.293 e. The summed E-state index contributed by atoms with van der Waals surface area (Å²) >= 11 is 0. The van der Waals surface area contributed by atoms with E-state index in [4.69, 9.17) is 0 Å². The van der Waals surface area contributed by atoms with E-state index in [2.05, 4.69) is 0 Å². The molecule has 0 aliphatic heterocycles. The van der Waals surface area contributed by atoms with Gasteiger partial charge in [0.25, 0.3) is 0 Å². The Balaban J connectivity index is 1.93. The van der Waals surface area contributed by atoms with Gasteiger partial charge in [0, 0.05) is 17.0 Å². The number of carbonyl (C=O) groups is 2. The zero-order chi connectivity index (χ0) is 21.6. The highest BCUT2D eigenvalue weighted by atomic mass is 16.2. The van der Waals surface area contributed by atoms with Crippen molar-refractivity contribution in [2.24, 2.45) is 5.92 Å². The van der Waals surface area contributed by atoms with Crippen LogP contribution in [0.25, 0.3) is 0 Å². The molecule has 1 atom stereocenters. The number of carbonyl (C=O) groups excluding carboxylic acids is 2. The quantitative estimate of drug-likeness (QED) is 0.260. The van der Waals surface area contributed by atoms with Gasteiger partial charge in [0.15, 0.2) is 11.6 Å². The van der Waals surface area contributed by atoms with Crippen LogP contribution >= 0.6 is 0 Å². The molecular weight excluding hydrogens is 380 g/mol. The Morgan fingerprint density at radius 2 is 0.968 bits per heavy atom. The van der Waals surface area contributed by atoms with Gasteiger partial charge in [0.2, 0.25) is 0 Å². The summed E-state index contributed by atoms with van der Waals surface area (Å²) in [5, 5.41) is 0. The van der Waals surface area contributed by atoms with Crippen LogP contribution < -0.4 is 0 Å². The SMILES string of the molecule is Cc1ccccc1C(c1ccccc1)C(C(=O)c1ccccc1)C(=O)c1ccccc1. The second kappa shape index (κ2) is 9.36. The van der Waals surface area contributed by atoms with E-state index in [-0.39, 0.29) is 17.5 Å². The van der Waals surface area contributed by atoms with Crippen molar-refractivity contribution in [3.8, 4) is 0 Å². The van der Waals surface area contributed by atoms with Crippen molar-refractivity contribution >= 4 is 11.6 Å². The molecule has 2 nitrogen and oxygen atoms in total. The topological polar surface area (TPSA) is 34.1 Å². The molecule has 0 aliphatic rings. The second-order valence-corrected chi connectivity index (χ2v) is 7.68. The Labute approximate surface area is 183 Å². The van der Waals surface area contributed by atoms with Crippen LogP contribution in [0.15, 0.2) is 115 Å². The molecule has 4 aromatic rings. The normalized spacial score (nSPS) is 11.8. The van der Waals surface area contributed by atoms with E-state index in [9.17, 15) is 9.59 Å². The average Bonchev–Trinajstić information content (AvgIpc) is 2.84. The third kappa shape index (κ3) is 4.39. The maximum Gasteiger partial charge on any atom is 0.174 e. The summed E-state index contributed by atoms with van der Waals surface area (Å²) in [6, 6.07) is 36.1. The van der Waals surface area contributed by atoms with Crippen molar-refractivity contribution in [2.45, 2.75) is 12.8 Å². The number of hydrogen-bond acceptors (Lipinski definition) is 2. The molecule has 0 amide bonds. The summed E-state index contributed by atoms with van der Waals surface area (Å²) in [4.78, 5) is 27.7. The standard InChI is InChI=1S/C29H24O2/c1-21-13-11-12-20-25(21)26(22-14-5-2-6-15-22)27(28(30)23-16-7-3-8-17-23)29(31)24-18-9-4-10-19-24/h2-20,26-27H,1H3. The van der Waals surface area contributed by atoms with Crippen LogP contribution in [0.3, 0.4) is 0 Å². The van der Waals surface area contributed by atoms with Crippen LogP contribution in [0.2, 0.25) is 0 Å². The summed E-state index contributed by atoms with van der Waals surface area (Å²) < 4.78 is 0. The van der Waals surface area contributed by atoms with Crippen LogP contribution in [-0.2, 0) is 0 Å². The average molecular weight is 405 g/mol. The first-order valence-electron chi connectivity index (χ1n) is 10.5. The molecular formula is C29H24O2. The smallest absolute Gasteiger partial charge is 0.174 e. The molecule has 2 heteroatoms. The molecule has 0 fully saturated rings. The van der Waals surface area contributed by atoms with Gasteiger partial charge < -0.3 is 0 Å². The van der Waals surface area contributed by atoms with Crippen LogP contribution in [0, 0.1) is 12.8 Å². The Bertz CT molecular complexity index is 1110. The minimum absolute atomic E-state index is 0.161. The van der Waals surface area contributed by atoms with E-state index < -0.39 is 5.92 Å². The molecule has 152 valence electrons. The molecule has 0 saturated carbocycles. The predicted molar refractivity (Wildman–Crippen MR) is 124 cm³/mol. The lowest BCUT2D eigenvalue weighted by atomic mass is 9.72. The van der Waals surface area contributed by atoms with Gasteiger partial charge in [-0.05, 0) is 23.6 Å². The van der Waals surface area contributed by atoms with Crippen molar-refractivity contribution in [3.63, 3.8) is 0 Å². The minimum Gasteiger partial charge on any atom is -0.293 e. The van der Waals surface area contributed by atoms with Crippen LogP contribution in [0.4, 0.5) is 0 Å². The molecule has 0 heterocycles. The molecule has 0 spiro atoms. The minimum atomic E-state index is -0.867. The summed E-state index contributed by atoms with van der Waals surface area (Å²) in [5.41, 5.74) is 4.10. The van der Waals surface area contributed by atoms with Crippen molar-refractivity contribution in [1.82, 2.24) is 0 Å². The van der Waals surface area contributed by atoms with Gasteiger partial charge in [-0.25, -0.2) is 0 Å². The number of Topliss-reactive ketones (excluding diaryl/α,β-unsaturated/α-hetero) is 2. The van der Waals surface area contributed by atoms with Crippen molar-refractivity contribution in [2.75, 3.05) is 0 Å². The second-order valence-electron chi connectivity index (χ2n) is 7.68. The van der Waals surface area contributed by atoms with E-state index >= 15 is 0 Å². The first-order chi connectivity index (χ1) is 15.2. The van der Waals surface area contributed by atoms with Gasteiger partial charge in [-0.15, -0.1) is 0 Å². The predicted octanol–water partition coefficient (Wildman–Crippen LogP) is 6.51. The first kappa shape index (κ1) is 20.5. The van der Waals surface area contributed by atoms with Crippen molar-refractivity contribution < 1.29 is 9.59 Å². The van der Waals surface area contributed by atoms with Crippen molar-refractivity contribution in [1.29, 1.82) is 0 Å². The van der Waals surface area contributed by atoms with Crippen molar-refractivity contribution in [3.05, 3.63) is 143 Å². The van der Waals surface area contributed by atoms with E-state index in [0.29, 0.717) is 11.1 Å². The zero-order valence-corrected chi connectivity index (χ0v) is 17.4. The molecule has 0 aliphatic carbocycles. The highest BCUT2D eigenvalue weighted by Crippen LogP contribution is 2.37. The lowest BCUT2D eigenvalue weighted by Crippen LogP contribution is -2.32. The summed E-state index contributed by atoms with van der Waals surface area (Å²) in [6.45, 7) is 2.03. The van der Waals surface area contributed by atoms with Crippen LogP contribution in [0.1, 0.15) is 43.3 Å². The fraction of sp³-hybridized carbons (Fsp3) is 0.103. The Kier molecular flexibility index (Phi) is 6.18. The van der Waals surface area contributed by atoms with Gasteiger partial charge >= 0.3 is 0 Å². The highest BCUT2D eigenvalue weighted by Gasteiger charge is 2.38. The summed E-state index contributed by atoms with van der Waals surface area (Å²) in [5.74, 6) is -1.57. The maximum atomic E-state index is 13.8. The number of benzene rings is 4. The highest BCUT2D eigenvalue weighted by molar-refractivity contribution is 6.17. The van der Waals surface area contributed by atoms with Gasteiger partial charge in [-0.1, -0.05) is 115 Å². The van der Waals surface area contributed by atoms with Gasteiger partial charge in [-0.2, -0.15) is 0 Å². The maximum absolute atomic E-state index is 13.8. The number of rotatable bonds is 7. The Morgan fingerprint density at radius 1 is 0.548 bits per heavy atom. The molecule has 0 N–H and O–H groups in total. The molecule has 31 heavy (non-hydrogen) atoms. The lowest BCUT2D eigenvalue weighted by Gasteiger charge is -2.28. The molecule has 0 aromatic heterocycles.